The predicted octanol–water partition coefficient (Wildman–Crippen LogP) is 1.08. The van der Waals surface area contributed by atoms with Crippen molar-refractivity contribution in [2.75, 3.05) is 46.4 Å². The lowest BCUT2D eigenvalue weighted by molar-refractivity contribution is -0.144. The van der Waals surface area contributed by atoms with E-state index in [-0.39, 0.29) is 49.4 Å². The van der Waals surface area contributed by atoms with Crippen LogP contribution in [0.2, 0.25) is 0 Å². The molecule has 0 bridgehead atoms. The molecule has 2 fully saturated rings. The number of nitrogens with zero attached hydrogens (tertiary/aromatic N) is 4. The lowest BCUT2D eigenvalue weighted by Crippen LogP contribution is -2.53. The second-order valence-electron chi connectivity index (χ2n) is 8.31. The Balaban J connectivity index is 1.73. The van der Waals surface area contributed by atoms with Crippen LogP contribution in [0.25, 0.3) is 0 Å². The molecule has 2 aliphatic heterocycles. The van der Waals surface area contributed by atoms with E-state index in [0.29, 0.717) is 19.7 Å². The van der Waals surface area contributed by atoms with Crippen LogP contribution in [0.3, 0.4) is 0 Å². The molecule has 0 saturated carbocycles. The predicted molar refractivity (Wildman–Crippen MR) is 117 cm³/mol. The fraction of sp³-hybridized carbons (Fsp3) is 0.652. The van der Waals surface area contributed by atoms with E-state index in [2.05, 4.69) is 16.8 Å². The van der Waals surface area contributed by atoms with Gasteiger partial charge in [0.2, 0.25) is 11.8 Å². The number of carbonyl (C=O) groups excluding carboxylic acids is 3. The molecular formula is C23H34N4O5. The largest absolute Gasteiger partial charge is 0.469 e. The Bertz CT molecular complexity index is 775. The van der Waals surface area contributed by atoms with Gasteiger partial charge >= 0.3 is 5.97 Å². The van der Waals surface area contributed by atoms with E-state index in [1.807, 2.05) is 12.1 Å². The summed E-state index contributed by atoms with van der Waals surface area (Å²) in [7, 11) is 1.33. The zero-order valence-electron chi connectivity index (χ0n) is 19.1. The second kappa shape index (κ2) is 11.9. The van der Waals surface area contributed by atoms with Gasteiger partial charge < -0.3 is 19.3 Å². The molecule has 3 heterocycles. The molecule has 0 unspecified atom stereocenters. The molecule has 2 atom stereocenters. The van der Waals surface area contributed by atoms with Crippen molar-refractivity contribution in [3.05, 3.63) is 30.1 Å². The maximum absolute atomic E-state index is 13.4. The molecule has 176 valence electrons. The number of rotatable bonds is 8. The molecule has 0 aliphatic carbocycles. The molecule has 0 N–H and O–H groups in total. The average Bonchev–Trinajstić information content (AvgIpc) is 2.99. The molecule has 1 aromatic heterocycles. The van der Waals surface area contributed by atoms with E-state index >= 15 is 0 Å². The van der Waals surface area contributed by atoms with Crippen LogP contribution >= 0.6 is 0 Å². The molecular weight excluding hydrogens is 412 g/mol. The monoisotopic (exact) mass is 446 g/mol. The summed E-state index contributed by atoms with van der Waals surface area (Å²) in [6, 6.07) is 3.56. The van der Waals surface area contributed by atoms with E-state index in [1.54, 1.807) is 22.2 Å². The lowest BCUT2D eigenvalue weighted by Gasteiger charge is -2.37. The van der Waals surface area contributed by atoms with Gasteiger partial charge in [-0.25, -0.2) is 0 Å². The SMILES string of the molecule is CCN1CCCC[C@H]1C(=O)N1CC(=O)N(CCC(=O)OC)C[C@H](OCc2ccncc2)C1. The molecule has 0 spiro atoms. The lowest BCUT2D eigenvalue weighted by atomic mass is 10.0. The van der Waals surface area contributed by atoms with Crippen molar-refractivity contribution in [1.82, 2.24) is 19.7 Å². The standard InChI is InChI=1S/C23H34N4O5/c1-3-25-12-5-4-6-20(25)23(30)27-15-19(32-17-18-7-10-24-11-8-18)14-26(21(28)16-27)13-9-22(29)31-2/h7-8,10-11,19-20H,3-6,9,12-17H2,1-2H3/t19-,20-/m0/s1. The number of methoxy groups -OCH3 is 1. The molecule has 2 aliphatic rings. The molecule has 9 nitrogen and oxygen atoms in total. The van der Waals surface area contributed by atoms with Crippen molar-refractivity contribution in [1.29, 1.82) is 0 Å². The first-order chi connectivity index (χ1) is 15.5. The third kappa shape index (κ3) is 6.49. The third-order valence-corrected chi connectivity index (χ3v) is 6.19. The summed E-state index contributed by atoms with van der Waals surface area (Å²) in [6.07, 6.45) is 6.09. The van der Waals surface area contributed by atoms with E-state index in [4.69, 9.17) is 9.47 Å². The van der Waals surface area contributed by atoms with Crippen molar-refractivity contribution in [3.63, 3.8) is 0 Å². The van der Waals surface area contributed by atoms with Crippen molar-refractivity contribution in [2.24, 2.45) is 0 Å². The minimum atomic E-state index is -0.370. The van der Waals surface area contributed by atoms with Gasteiger partial charge in [-0.1, -0.05) is 13.3 Å². The maximum Gasteiger partial charge on any atom is 0.307 e. The van der Waals surface area contributed by atoms with E-state index < -0.39 is 0 Å². The molecule has 0 radical (unpaired) electrons. The summed E-state index contributed by atoms with van der Waals surface area (Å²) in [6.45, 7) is 5.06. The Labute approximate surface area is 189 Å². The Morgan fingerprint density at radius 2 is 1.97 bits per heavy atom. The minimum Gasteiger partial charge on any atom is -0.469 e. The maximum atomic E-state index is 13.4. The van der Waals surface area contributed by atoms with Crippen LogP contribution in [0, 0.1) is 0 Å². The fourth-order valence-electron chi connectivity index (χ4n) is 4.35. The first kappa shape index (κ1) is 24.1. The van der Waals surface area contributed by atoms with Crippen LogP contribution in [0.15, 0.2) is 24.5 Å². The van der Waals surface area contributed by atoms with Crippen molar-refractivity contribution < 1.29 is 23.9 Å². The van der Waals surface area contributed by atoms with Gasteiger partial charge in [0, 0.05) is 32.0 Å². The number of hydrogen-bond donors (Lipinski definition) is 0. The summed E-state index contributed by atoms with van der Waals surface area (Å²) in [5, 5.41) is 0. The number of carbonyl (C=O) groups is 3. The number of pyridine rings is 1. The number of likely N-dealkylation sites (N-methyl/N-ethyl adjacent to an activating group) is 1. The highest BCUT2D eigenvalue weighted by atomic mass is 16.5. The number of amides is 2. The average molecular weight is 447 g/mol. The number of esters is 1. The van der Waals surface area contributed by atoms with Gasteiger partial charge in [0.1, 0.15) is 0 Å². The summed E-state index contributed by atoms with van der Waals surface area (Å²) >= 11 is 0. The van der Waals surface area contributed by atoms with Crippen LogP contribution in [0.1, 0.15) is 38.2 Å². The topological polar surface area (TPSA) is 92.3 Å². The highest BCUT2D eigenvalue weighted by Crippen LogP contribution is 2.20. The van der Waals surface area contributed by atoms with Gasteiger partial charge in [-0.05, 0) is 43.6 Å². The number of piperidine rings is 1. The first-order valence-electron chi connectivity index (χ1n) is 11.4. The van der Waals surface area contributed by atoms with Crippen molar-refractivity contribution in [2.45, 2.75) is 51.4 Å². The van der Waals surface area contributed by atoms with Crippen LogP contribution in [0.5, 0.6) is 0 Å². The normalized spacial score (nSPS) is 22.5. The van der Waals surface area contributed by atoms with Gasteiger partial charge in [-0.15, -0.1) is 0 Å². The highest BCUT2D eigenvalue weighted by molar-refractivity contribution is 5.88. The van der Waals surface area contributed by atoms with Crippen molar-refractivity contribution >= 4 is 17.8 Å². The highest BCUT2D eigenvalue weighted by Gasteiger charge is 2.36. The second-order valence-corrected chi connectivity index (χ2v) is 8.31. The quantitative estimate of drug-likeness (QED) is 0.552. The van der Waals surface area contributed by atoms with Crippen LogP contribution in [0.4, 0.5) is 0 Å². The molecule has 0 aromatic carbocycles. The summed E-state index contributed by atoms with van der Waals surface area (Å²) in [5.74, 6) is -0.548. The van der Waals surface area contributed by atoms with Crippen LogP contribution in [-0.4, -0.2) is 96.0 Å². The van der Waals surface area contributed by atoms with Gasteiger partial charge in [-0.3, -0.25) is 24.3 Å². The zero-order chi connectivity index (χ0) is 22.9. The van der Waals surface area contributed by atoms with Crippen LogP contribution in [-0.2, 0) is 30.5 Å². The number of ether oxygens (including phenoxy) is 2. The summed E-state index contributed by atoms with van der Waals surface area (Å²) in [4.78, 5) is 47.5. The van der Waals surface area contributed by atoms with Gasteiger partial charge in [0.15, 0.2) is 0 Å². The molecule has 3 rings (SSSR count). The van der Waals surface area contributed by atoms with E-state index in [1.165, 1.54) is 7.11 Å². The Morgan fingerprint density at radius 3 is 2.69 bits per heavy atom. The van der Waals surface area contributed by atoms with Crippen LogP contribution < -0.4 is 0 Å². The minimum absolute atomic E-state index is 0.00315. The Morgan fingerprint density at radius 1 is 1.19 bits per heavy atom. The molecule has 32 heavy (non-hydrogen) atoms. The third-order valence-electron chi connectivity index (χ3n) is 6.19. The number of aromatic nitrogens is 1. The van der Waals surface area contributed by atoms with Gasteiger partial charge in [0.05, 0.1) is 38.8 Å². The number of likely N-dealkylation sites (tertiary alicyclic amines) is 1. The molecule has 9 heteroatoms. The molecule has 1 aromatic rings. The molecule has 2 amide bonds. The summed E-state index contributed by atoms with van der Waals surface area (Å²) < 4.78 is 10.9. The van der Waals surface area contributed by atoms with E-state index in [9.17, 15) is 14.4 Å². The molecule has 2 saturated heterocycles. The fourth-order valence-corrected chi connectivity index (χ4v) is 4.35. The Hall–Kier alpha value is -2.52. The smallest absolute Gasteiger partial charge is 0.307 e. The zero-order valence-corrected chi connectivity index (χ0v) is 19.1. The number of hydrogen-bond acceptors (Lipinski definition) is 7. The van der Waals surface area contributed by atoms with E-state index in [0.717, 1.165) is 37.9 Å². The van der Waals surface area contributed by atoms with Crippen molar-refractivity contribution in [3.8, 4) is 0 Å². The Kier molecular flexibility index (Phi) is 8.99. The van der Waals surface area contributed by atoms with Gasteiger partial charge in [-0.2, -0.15) is 0 Å². The van der Waals surface area contributed by atoms with Gasteiger partial charge in [0.25, 0.3) is 0 Å². The summed E-state index contributed by atoms with van der Waals surface area (Å²) in [5.41, 5.74) is 0.971. The first-order valence-corrected chi connectivity index (χ1v) is 11.4.